The molecule has 1 aliphatic rings. The molecule has 1 aromatic heterocycles. The molecule has 1 aromatic rings. The molecule has 72 valence electrons. The summed E-state index contributed by atoms with van der Waals surface area (Å²) in [6.07, 6.45) is 5.56. The topological polar surface area (TPSA) is 45.9 Å². The van der Waals surface area contributed by atoms with Crippen molar-refractivity contribution in [2.75, 3.05) is 13.2 Å². The van der Waals surface area contributed by atoms with Gasteiger partial charge in [0.2, 0.25) is 0 Å². The Bertz CT molecular complexity index is 351. The predicted molar refractivity (Wildman–Crippen MR) is 51.7 cm³/mol. The zero-order valence-electron chi connectivity index (χ0n) is 7.94. The molecule has 14 heavy (non-hydrogen) atoms. The van der Waals surface area contributed by atoms with Gasteiger partial charge in [-0.3, -0.25) is 4.98 Å². The van der Waals surface area contributed by atoms with Crippen molar-refractivity contribution < 1.29 is 4.74 Å². The normalized spacial score (nSPS) is 21.5. The molecular formula is C11H12N2O. The molecule has 3 nitrogen and oxygen atoms in total. The molecule has 0 N–H and O–H groups in total. The van der Waals surface area contributed by atoms with E-state index in [2.05, 4.69) is 11.1 Å². The maximum Gasteiger partial charge on any atom is 0.101 e. The number of nitriles is 1. The summed E-state index contributed by atoms with van der Waals surface area (Å²) >= 11 is 0. The first-order chi connectivity index (χ1) is 6.92. The molecule has 0 saturated carbocycles. The maximum atomic E-state index is 8.92. The van der Waals surface area contributed by atoms with Gasteiger partial charge in [0.05, 0.1) is 12.2 Å². The Morgan fingerprint density at radius 1 is 1.57 bits per heavy atom. The molecule has 2 rings (SSSR count). The first-order valence-electron chi connectivity index (χ1n) is 4.83. The van der Waals surface area contributed by atoms with Gasteiger partial charge in [-0.05, 0) is 24.5 Å². The largest absolute Gasteiger partial charge is 0.381 e. The molecule has 3 heteroatoms. The SMILES string of the molecule is N#Cc1cnccc1C1CCCOC1. The standard InChI is InChI=1S/C11H12N2O/c12-6-10-7-13-4-3-11(10)9-2-1-5-14-8-9/h3-4,7,9H,1-2,5,8H2. The Hall–Kier alpha value is -1.40. The molecular weight excluding hydrogens is 176 g/mol. The van der Waals surface area contributed by atoms with Gasteiger partial charge in [-0.2, -0.15) is 5.26 Å². The maximum absolute atomic E-state index is 8.92. The van der Waals surface area contributed by atoms with E-state index >= 15 is 0 Å². The van der Waals surface area contributed by atoms with Crippen LogP contribution in [0.15, 0.2) is 18.5 Å². The minimum absolute atomic E-state index is 0.376. The Kier molecular flexibility index (Phi) is 2.76. The second-order valence-corrected chi connectivity index (χ2v) is 3.49. The van der Waals surface area contributed by atoms with Gasteiger partial charge in [0.1, 0.15) is 6.07 Å². The smallest absolute Gasteiger partial charge is 0.101 e. The molecule has 0 radical (unpaired) electrons. The summed E-state index contributed by atoms with van der Waals surface area (Å²) in [5.41, 5.74) is 1.77. The van der Waals surface area contributed by atoms with Crippen LogP contribution in [0.3, 0.4) is 0 Å². The van der Waals surface area contributed by atoms with Gasteiger partial charge in [0.15, 0.2) is 0 Å². The fourth-order valence-corrected chi connectivity index (χ4v) is 1.84. The van der Waals surface area contributed by atoms with Gasteiger partial charge >= 0.3 is 0 Å². The first-order valence-corrected chi connectivity index (χ1v) is 4.83. The molecule has 1 atom stereocenters. The third-order valence-corrected chi connectivity index (χ3v) is 2.58. The van der Waals surface area contributed by atoms with Crippen LogP contribution in [0.4, 0.5) is 0 Å². The van der Waals surface area contributed by atoms with Gasteiger partial charge in [-0.25, -0.2) is 0 Å². The summed E-state index contributed by atoms with van der Waals surface area (Å²) in [5, 5.41) is 8.92. The van der Waals surface area contributed by atoms with Gasteiger partial charge in [-0.15, -0.1) is 0 Å². The van der Waals surface area contributed by atoms with E-state index in [1.165, 1.54) is 0 Å². The molecule has 0 bridgehead atoms. The van der Waals surface area contributed by atoms with Crippen LogP contribution >= 0.6 is 0 Å². The van der Waals surface area contributed by atoms with Crippen molar-refractivity contribution in [3.63, 3.8) is 0 Å². The molecule has 1 saturated heterocycles. The van der Waals surface area contributed by atoms with Crippen molar-refractivity contribution in [3.8, 4) is 6.07 Å². The predicted octanol–water partition coefficient (Wildman–Crippen LogP) is 1.85. The Labute approximate surface area is 83.3 Å². The monoisotopic (exact) mass is 188 g/mol. The molecule has 0 aliphatic carbocycles. The Balaban J connectivity index is 2.26. The number of aromatic nitrogens is 1. The van der Waals surface area contributed by atoms with Crippen LogP contribution in [0.2, 0.25) is 0 Å². The van der Waals surface area contributed by atoms with Crippen molar-refractivity contribution in [3.05, 3.63) is 29.6 Å². The molecule has 0 spiro atoms. The third-order valence-electron chi connectivity index (χ3n) is 2.58. The lowest BCUT2D eigenvalue weighted by Crippen LogP contribution is -2.16. The molecule has 1 aliphatic heterocycles. The van der Waals surface area contributed by atoms with Crippen LogP contribution in [0.1, 0.15) is 29.9 Å². The lowest BCUT2D eigenvalue weighted by Gasteiger charge is -2.22. The quantitative estimate of drug-likeness (QED) is 0.675. The zero-order chi connectivity index (χ0) is 9.80. The van der Waals surface area contributed by atoms with Crippen molar-refractivity contribution in [1.29, 1.82) is 5.26 Å². The number of rotatable bonds is 1. The molecule has 2 heterocycles. The van der Waals surface area contributed by atoms with E-state index in [1.54, 1.807) is 12.4 Å². The zero-order valence-corrected chi connectivity index (χ0v) is 7.94. The minimum Gasteiger partial charge on any atom is -0.381 e. The molecule has 1 fully saturated rings. The van der Waals surface area contributed by atoms with Crippen LogP contribution in [-0.2, 0) is 4.74 Å². The molecule has 0 aromatic carbocycles. The van der Waals surface area contributed by atoms with Gasteiger partial charge in [0, 0.05) is 24.9 Å². The van der Waals surface area contributed by atoms with E-state index in [-0.39, 0.29) is 0 Å². The van der Waals surface area contributed by atoms with Crippen molar-refractivity contribution in [2.24, 2.45) is 0 Å². The number of hydrogen-bond acceptors (Lipinski definition) is 3. The molecule has 1 unspecified atom stereocenters. The Morgan fingerprint density at radius 3 is 3.21 bits per heavy atom. The van der Waals surface area contributed by atoms with E-state index < -0.39 is 0 Å². The van der Waals surface area contributed by atoms with E-state index in [0.29, 0.717) is 11.5 Å². The van der Waals surface area contributed by atoms with Gasteiger partial charge < -0.3 is 4.74 Å². The fraction of sp³-hybridized carbons (Fsp3) is 0.455. The summed E-state index contributed by atoms with van der Waals surface area (Å²) in [6, 6.07) is 4.10. The summed E-state index contributed by atoms with van der Waals surface area (Å²) in [5.74, 6) is 0.376. The highest BCUT2D eigenvalue weighted by molar-refractivity contribution is 5.37. The highest BCUT2D eigenvalue weighted by Crippen LogP contribution is 2.26. The number of ether oxygens (including phenoxy) is 1. The van der Waals surface area contributed by atoms with Crippen molar-refractivity contribution in [1.82, 2.24) is 4.98 Å². The highest BCUT2D eigenvalue weighted by Gasteiger charge is 2.18. The summed E-state index contributed by atoms with van der Waals surface area (Å²) in [6.45, 7) is 1.59. The van der Waals surface area contributed by atoms with E-state index in [1.807, 2.05) is 6.07 Å². The first kappa shape index (κ1) is 9.17. The number of pyridine rings is 1. The van der Waals surface area contributed by atoms with Crippen LogP contribution in [0.5, 0.6) is 0 Å². The fourth-order valence-electron chi connectivity index (χ4n) is 1.84. The third kappa shape index (κ3) is 1.75. The van der Waals surface area contributed by atoms with Gasteiger partial charge in [-0.1, -0.05) is 0 Å². The minimum atomic E-state index is 0.376. The number of hydrogen-bond donors (Lipinski definition) is 0. The van der Waals surface area contributed by atoms with E-state index in [4.69, 9.17) is 10.00 Å². The van der Waals surface area contributed by atoms with Crippen LogP contribution in [0, 0.1) is 11.3 Å². The van der Waals surface area contributed by atoms with Gasteiger partial charge in [0.25, 0.3) is 0 Å². The average Bonchev–Trinajstić information content (AvgIpc) is 2.30. The van der Waals surface area contributed by atoms with Crippen molar-refractivity contribution in [2.45, 2.75) is 18.8 Å². The van der Waals surface area contributed by atoms with Crippen LogP contribution in [0.25, 0.3) is 0 Å². The lowest BCUT2D eigenvalue weighted by atomic mass is 9.91. The summed E-state index contributed by atoms with van der Waals surface area (Å²) in [4.78, 5) is 3.95. The molecule has 0 amide bonds. The van der Waals surface area contributed by atoms with Crippen LogP contribution < -0.4 is 0 Å². The van der Waals surface area contributed by atoms with Crippen LogP contribution in [-0.4, -0.2) is 18.2 Å². The second kappa shape index (κ2) is 4.21. The summed E-state index contributed by atoms with van der Waals surface area (Å²) in [7, 11) is 0. The average molecular weight is 188 g/mol. The van der Waals surface area contributed by atoms with E-state index in [9.17, 15) is 0 Å². The lowest BCUT2D eigenvalue weighted by molar-refractivity contribution is 0.0803. The highest BCUT2D eigenvalue weighted by atomic mass is 16.5. The Morgan fingerprint density at radius 2 is 2.50 bits per heavy atom. The van der Waals surface area contributed by atoms with Crippen molar-refractivity contribution >= 4 is 0 Å². The summed E-state index contributed by atoms with van der Waals surface area (Å²) < 4.78 is 5.41. The second-order valence-electron chi connectivity index (χ2n) is 3.49. The number of nitrogens with zero attached hydrogens (tertiary/aromatic N) is 2. The van der Waals surface area contributed by atoms with E-state index in [0.717, 1.165) is 31.6 Å².